The second kappa shape index (κ2) is 29.2. The number of benzene rings is 2. The molecule has 1 saturated carbocycles. The number of likely N-dealkylation sites (N-methyl/N-ethyl adjacent to an activating group) is 1. The van der Waals surface area contributed by atoms with Crippen molar-refractivity contribution >= 4 is 73.8 Å². The van der Waals surface area contributed by atoms with E-state index in [1.165, 1.54) is 21.1 Å². The van der Waals surface area contributed by atoms with E-state index >= 15 is 9.59 Å². The number of ketones is 1. The minimum Gasteiger partial charge on any atom is -0.496 e. The molecule has 3 amide bonds. The topological polar surface area (TPSA) is 434 Å². The lowest BCUT2D eigenvalue weighted by Gasteiger charge is -2.63. The maximum atomic E-state index is 15.6. The van der Waals surface area contributed by atoms with Crippen LogP contribution in [0, 0.1) is 23.2 Å². The summed E-state index contributed by atoms with van der Waals surface area (Å²) in [5.74, 6) is -8.81. The van der Waals surface area contributed by atoms with Crippen molar-refractivity contribution in [2.45, 2.75) is 155 Å². The molecule has 30 heteroatoms. The Bertz CT molecular complexity index is 3310. The van der Waals surface area contributed by atoms with Gasteiger partial charge in [-0.3, -0.25) is 39.2 Å². The summed E-state index contributed by atoms with van der Waals surface area (Å²) in [5.41, 5.74) is 0.990. The number of Topliss-reactive ketones (excluding diaryl/α,β-unsaturated/α-hetero) is 1. The number of anilines is 1. The van der Waals surface area contributed by atoms with Gasteiger partial charge in [-0.2, -0.15) is 0 Å². The number of aliphatic hydroxyl groups is 11. The fraction of sp³-hybridized carbons (Fsp3) is 0.656. The van der Waals surface area contributed by atoms with Crippen molar-refractivity contribution in [2.24, 2.45) is 23.2 Å². The number of para-hydroxylation sites is 1. The van der Waals surface area contributed by atoms with Crippen LogP contribution < -0.4 is 25.8 Å². The second-order valence-electron chi connectivity index (χ2n) is 26.1. The molecule has 6 aliphatic rings. The number of aromatic amines is 1. The number of carboxylic acid groups (broad SMARTS) is 1. The van der Waals surface area contributed by atoms with Crippen molar-refractivity contribution in [3.63, 3.8) is 0 Å². The van der Waals surface area contributed by atoms with Crippen LogP contribution in [0.2, 0.25) is 0 Å². The van der Waals surface area contributed by atoms with Crippen LogP contribution in [0.3, 0.4) is 0 Å². The third-order valence-electron chi connectivity index (χ3n) is 21.1. The van der Waals surface area contributed by atoms with Crippen molar-refractivity contribution in [1.82, 2.24) is 31.0 Å². The number of aromatic nitrogens is 1. The number of piperidine rings is 1. The van der Waals surface area contributed by atoms with Gasteiger partial charge < -0.3 is 90.7 Å². The summed E-state index contributed by atoms with van der Waals surface area (Å²) in [4.78, 5) is 93.8. The third kappa shape index (κ3) is 12.7. The Morgan fingerprint density at radius 2 is 1.55 bits per heavy atom. The Morgan fingerprint density at radius 3 is 2.20 bits per heavy atom. The molecule has 3 fully saturated rings. The van der Waals surface area contributed by atoms with E-state index in [-0.39, 0.29) is 43.3 Å². The lowest BCUT2D eigenvalue weighted by Crippen LogP contribution is -2.82. The van der Waals surface area contributed by atoms with E-state index in [0.717, 1.165) is 38.1 Å². The predicted octanol–water partition coefficient (Wildman–Crippen LogP) is -1.29. The summed E-state index contributed by atoms with van der Waals surface area (Å²) < 4.78 is 17.7. The van der Waals surface area contributed by atoms with Crippen LogP contribution in [0.15, 0.2) is 48.6 Å². The highest BCUT2D eigenvalue weighted by molar-refractivity contribution is 8.76. The number of aliphatic hydroxyl groups excluding tert-OH is 9. The standard InChI is InChI=1S/C64H91N7O21S2/c1-7-35(47(77)48(78)43(75)29-72)52(81)66-46(50(80)49(79)44(76)30-73)42(74)23-34(53(82)83)31-94-93-22-21-92-59(87)68-67-57(85)64(89)55-62(17-20-71-18-12-16-61(9-3,54(62)71)56(64)84)38-24-39(45(90-5)25-41(38)69(55)4)63(58(86)91-6)27-33-26-60(88,8-2)32-70(28-33)19-15-37-36-13-10-11-14-40(36)65-51(37)63/h10-14,16,24-25,33-35,43-44,46-50,54-56,65,72-73,75-80,84,88-89H,7-9,15,17-23,26-32H2,1-6H3,(H,66,81)(H,67,85)(H,68,87)(H,82,83)/t33-,34+,35+,43-,44-,46-,47-,48-,49-,50-,54+,55-,56-,60+,61-,62-,63+,64+/m1/s1. The van der Waals surface area contributed by atoms with Gasteiger partial charge in [0.05, 0.1) is 57.0 Å². The van der Waals surface area contributed by atoms with Gasteiger partial charge in [0.2, 0.25) is 5.91 Å². The average molecular weight is 1360 g/mol. The average Bonchev–Trinajstić information content (AvgIpc) is 1.46. The Labute approximate surface area is 551 Å². The molecule has 2 saturated heterocycles. The highest BCUT2D eigenvalue weighted by Crippen LogP contribution is 2.68. The first-order valence-electron chi connectivity index (χ1n) is 31.9. The van der Waals surface area contributed by atoms with Gasteiger partial charge in [-0.15, -0.1) is 0 Å². The summed E-state index contributed by atoms with van der Waals surface area (Å²) in [7, 11) is 6.55. The highest BCUT2D eigenvalue weighted by atomic mass is 33.1. The maximum Gasteiger partial charge on any atom is 0.426 e. The molecular formula is C64H91N7O21S2. The predicted molar refractivity (Wildman–Crippen MR) is 343 cm³/mol. The number of hydrazine groups is 1. The Balaban J connectivity index is 0.936. The summed E-state index contributed by atoms with van der Waals surface area (Å²) in [6.07, 6.45) is -10.5. The molecule has 28 nitrogen and oxygen atoms in total. The van der Waals surface area contributed by atoms with Crippen LogP contribution in [0.1, 0.15) is 88.1 Å². The van der Waals surface area contributed by atoms with E-state index in [1.54, 1.807) is 11.9 Å². The fourth-order valence-electron chi connectivity index (χ4n) is 16.5. The number of hydrogen-bond acceptors (Lipinski definition) is 25. The molecule has 1 spiro atoms. The molecular weight excluding hydrogens is 1270 g/mol. The van der Waals surface area contributed by atoms with E-state index < -0.39 is 155 Å². The van der Waals surface area contributed by atoms with Gasteiger partial charge in [-0.05, 0) is 80.7 Å². The molecule has 520 valence electrons. The lowest BCUT2D eigenvalue weighted by molar-refractivity contribution is -0.204. The van der Waals surface area contributed by atoms with E-state index in [9.17, 15) is 80.5 Å². The van der Waals surface area contributed by atoms with Crippen molar-refractivity contribution in [2.75, 3.05) is 90.2 Å². The molecule has 3 aromatic rings. The molecule has 1 aliphatic carbocycles. The van der Waals surface area contributed by atoms with E-state index in [1.807, 2.05) is 62.4 Å². The Kier molecular flexibility index (Phi) is 22.5. The molecule has 1 aromatic heterocycles. The largest absolute Gasteiger partial charge is 0.496 e. The summed E-state index contributed by atoms with van der Waals surface area (Å²) in [6, 6.07) is 7.83. The third-order valence-corrected chi connectivity index (χ3v) is 23.5. The number of fused-ring (bicyclic) bond motifs is 6. The number of hydrogen-bond donors (Lipinski definition) is 16. The minimum atomic E-state index is -2.69. The number of amides is 3. The van der Waals surface area contributed by atoms with Crippen LogP contribution in [0.25, 0.3) is 10.9 Å². The zero-order chi connectivity index (χ0) is 68.6. The molecule has 2 aromatic carbocycles. The van der Waals surface area contributed by atoms with Gasteiger partial charge in [0.25, 0.3) is 5.91 Å². The normalized spacial score (nSPS) is 30.6. The van der Waals surface area contributed by atoms with Crippen LogP contribution >= 0.6 is 21.6 Å². The maximum absolute atomic E-state index is 15.6. The van der Waals surface area contributed by atoms with Gasteiger partial charge in [-0.1, -0.05) is 72.7 Å². The van der Waals surface area contributed by atoms with Gasteiger partial charge in [-0.25, -0.2) is 10.2 Å². The summed E-state index contributed by atoms with van der Waals surface area (Å²) >= 11 is 0. The zero-order valence-electron chi connectivity index (χ0n) is 53.6. The number of esters is 1. The fourth-order valence-corrected chi connectivity index (χ4v) is 18.7. The van der Waals surface area contributed by atoms with E-state index in [0.29, 0.717) is 86.7 Å². The Hall–Kier alpha value is -5.68. The molecule has 5 aliphatic heterocycles. The van der Waals surface area contributed by atoms with Crippen molar-refractivity contribution in [1.29, 1.82) is 0 Å². The number of carbonyl (C=O) groups excluding carboxylic acids is 5. The van der Waals surface area contributed by atoms with Crippen molar-refractivity contribution in [3.05, 3.63) is 70.9 Å². The van der Waals surface area contributed by atoms with Crippen LogP contribution in [-0.2, 0) is 50.7 Å². The molecule has 94 heavy (non-hydrogen) atoms. The second-order valence-corrected chi connectivity index (χ2v) is 28.7. The van der Waals surface area contributed by atoms with Crippen molar-refractivity contribution in [3.8, 4) is 5.75 Å². The van der Waals surface area contributed by atoms with Gasteiger partial charge in [0.1, 0.15) is 60.4 Å². The number of nitrogens with one attached hydrogen (secondary N) is 4. The van der Waals surface area contributed by atoms with Crippen LogP contribution in [0.4, 0.5) is 10.5 Å². The number of ether oxygens (including phenoxy) is 3. The number of nitrogens with zero attached hydrogens (tertiary/aromatic N) is 3. The number of aliphatic carboxylic acids is 1. The first kappa shape index (κ1) is 72.6. The number of rotatable bonds is 27. The van der Waals surface area contributed by atoms with Crippen molar-refractivity contribution < 1.29 is 104 Å². The molecule has 6 heterocycles. The molecule has 19 atom stereocenters. The van der Waals surface area contributed by atoms with E-state index in [4.69, 9.17) is 14.2 Å². The molecule has 0 radical (unpaired) electrons. The number of methoxy groups -OCH3 is 2. The monoisotopic (exact) mass is 1360 g/mol. The number of carboxylic acids is 1. The Morgan fingerprint density at radius 1 is 0.851 bits per heavy atom. The van der Waals surface area contributed by atoms with Gasteiger partial charge in [0, 0.05) is 102 Å². The van der Waals surface area contributed by atoms with Crippen LogP contribution in [0.5, 0.6) is 5.75 Å². The molecule has 16 N–H and O–H groups in total. The molecule has 2 bridgehead atoms. The molecule has 1 unspecified atom stereocenters. The summed E-state index contributed by atoms with van der Waals surface area (Å²) in [5, 5.41) is 133. The number of carbonyl (C=O) groups is 6. The zero-order valence-corrected chi connectivity index (χ0v) is 55.2. The highest BCUT2D eigenvalue weighted by Gasteiger charge is 2.79. The smallest absolute Gasteiger partial charge is 0.426 e. The summed E-state index contributed by atoms with van der Waals surface area (Å²) in [6.45, 7) is 5.54. The SMILES string of the molecule is CC[C@H](C(=O)N[C@H](C(=O)C[C@@H](CSSCCOC(=O)NNC(=O)[C@@]1(O)[C@H](O)[C@]2(CC)C=CCN3CC[C@@]4(c5cc([C@@]6(C(=O)OC)C[C@@H]7CN(CCc8c6[nH]c6ccccc86)C[C@](O)(CC)C7)c(OC)cc5N(C)[C@@H]14)[C@@H]32)C(=O)O)[C@@H](O)[C@H](O)[C@H](O)CO)[C@@H](O)[C@H](O)[C@H](O)CO. The molecule has 9 rings (SSSR count). The first-order chi connectivity index (χ1) is 44.7. The van der Waals surface area contributed by atoms with E-state index in [2.05, 4.69) is 31.0 Å². The first-order valence-corrected chi connectivity index (χ1v) is 34.4. The van der Waals surface area contributed by atoms with Gasteiger partial charge in [0.15, 0.2) is 11.4 Å². The minimum absolute atomic E-state index is 0.0103. The quantitative estimate of drug-likeness (QED) is 0.0139. The van der Waals surface area contributed by atoms with Gasteiger partial charge >= 0.3 is 18.0 Å². The van der Waals surface area contributed by atoms with Crippen LogP contribution in [-0.4, -0.2) is 269 Å². The lowest BCUT2D eigenvalue weighted by atomic mass is 9.47. The number of H-pyrrole nitrogens is 1.